The number of para-hydroxylation sites is 1. The Hall–Kier alpha value is -1.77. The van der Waals surface area contributed by atoms with Gasteiger partial charge in [-0.3, -0.25) is 0 Å². The van der Waals surface area contributed by atoms with E-state index in [0.717, 1.165) is 13.1 Å². The highest BCUT2D eigenvalue weighted by molar-refractivity contribution is 5.79. The van der Waals surface area contributed by atoms with Crippen molar-refractivity contribution in [3.63, 3.8) is 0 Å². The lowest BCUT2D eigenvalue weighted by Gasteiger charge is -2.22. The largest absolute Gasteiger partial charge is 0.384 e. The third-order valence-corrected chi connectivity index (χ3v) is 4.72. The molecule has 1 N–H and O–H groups in total. The highest BCUT2D eigenvalue weighted by Gasteiger charge is 2.38. The summed E-state index contributed by atoms with van der Waals surface area (Å²) in [4.78, 5) is 4.39. The number of anilines is 1. The highest BCUT2D eigenvalue weighted by atomic mass is 15.1. The first-order valence-electron chi connectivity index (χ1n) is 7.61. The van der Waals surface area contributed by atoms with Crippen LogP contribution in [0.1, 0.15) is 31.7 Å². The second kappa shape index (κ2) is 4.37. The van der Waals surface area contributed by atoms with Gasteiger partial charge in [-0.25, -0.2) is 4.98 Å². The summed E-state index contributed by atoms with van der Waals surface area (Å²) in [5.74, 6) is 0. The zero-order valence-electron chi connectivity index (χ0n) is 12.0. The Morgan fingerprint density at radius 1 is 1.35 bits per heavy atom. The molecule has 1 aliphatic heterocycles. The molecule has 0 bridgehead atoms. The van der Waals surface area contributed by atoms with Crippen LogP contribution >= 0.6 is 0 Å². The van der Waals surface area contributed by atoms with Crippen LogP contribution in [-0.2, 0) is 13.0 Å². The van der Waals surface area contributed by atoms with E-state index in [9.17, 15) is 0 Å². The van der Waals surface area contributed by atoms with Crippen molar-refractivity contribution >= 4 is 5.69 Å². The minimum Gasteiger partial charge on any atom is -0.384 e. The number of hydrogen-bond acceptors (Lipinski definition) is 2. The van der Waals surface area contributed by atoms with E-state index in [2.05, 4.69) is 40.0 Å². The van der Waals surface area contributed by atoms with Gasteiger partial charge in [-0.05, 0) is 36.7 Å². The third kappa shape index (κ3) is 2.01. The first kappa shape index (κ1) is 12.0. The minimum absolute atomic E-state index is 0.498. The fourth-order valence-corrected chi connectivity index (χ4v) is 3.18. The van der Waals surface area contributed by atoms with Gasteiger partial charge < -0.3 is 9.88 Å². The Labute approximate surface area is 120 Å². The second-order valence-corrected chi connectivity index (χ2v) is 6.59. The zero-order chi connectivity index (χ0) is 13.6. The minimum atomic E-state index is 0.498. The van der Waals surface area contributed by atoms with Crippen molar-refractivity contribution in [2.45, 2.75) is 39.2 Å². The summed E-state index contributed by atoms with van der Waals surface area (Å²) >= 11 is 0. The van der Waals surface area contributed by atoms with Crippen LogP contribution in [0.25, 0.3) is 11.3 Å². The van der Waals surface area contributed by atoms with Crippen LogP contribution in [0.15, 0.2) is 30.7 Å². The number of hydrogen-bond donors (Lipinski definition) is 1. The van der Waals surface area contributed by atoms with E-state index in [1.54, 1.807) is 0 Å². The zero-order valence-corrected chi connectivity index (χ0v) is 12.0. The third-order valence-electron chi connectivity index (χ3n) is 4.72. The molecule has 104 valence electrons. The van der Waals surface area contributed by atoms with Gasteiger partial charge in [0.1, 0.15) is 0 Å². The van der Waals surface area contributed by atoms with Crippen molar-refractivity contribution in [2.75, 3.05) is 11.9 Å². The van der Waals surface area contributed by atoms with Gasteiger partial charge >= 0.3 is 0 Å². The number of aryl methyl sites for hydroxylation is 1. The molecule has 0 spiro atoms. The molecule has 1 aromatic heterocycles. The van der Waals surface area contributed by atoms with Gasteiger partial charge in [-0.1, -0.05) is 25.1 Å². The van der Waals surface area contributed by atoms with Gasteiger partial charge in [0.25, 0.3) is 0 Å². The van der Waals surface area contributed by atoms with Gasteiger partial charge in [-0.15, -0.1) is 0 Å². The van der Waals surface area contributed by atoms with Crippen LogP contribution in [0.5, 0.6) is 0 Å². The Morgan fingerprint density at radius 3 is 3.10 bits per heavy atom. The summed E-state index contributed by atoms with van der Waals surface area (Å²) in [6, 6.07) is 6.64. The van der Waals surface area contributed by atoms with Crippen LogP contribution in [0.3, 0.4) is 0 Å². The Kier molecular flexibility index (Phi) is 2.62. The van der Waals surface area contributed by atoms with Crippen molar-refractivity contribution in [3.8, 4) is 11.3 Å². The average Bonchev–Trinajstić information content (AvgIpc) is 3.02. The number of aromatic nitrogens is 2. The maximum Gasteiger partial charge on any atom is 0.0951 e. The lowest BCUT2D eigenvalue weighted by Crippen LogP contribution is -2.14. The maximum atomic E-state index is 4.39. The molecule has 1 fully saturated rings. The average molecular weight is 267 g/mol. The van der Waals surface area contributed by atoms with E-state index < -0.39 is 0 Å². The Morgan fingerprint density at radius 2 is 2.25 bits per heavy atom. The number of benzene rings is 1. The summed E-state index contributed by atoms with van der Waals surface area (Å²) in [7, 11) is 0. The van der Waals surface area contributed by atoms with E-state index in [4.69, 9.17) is 0 Å². The molecule has 2 aliphatic rings. The molecule has 1 saturated carbocycles. The topological polar surface area (TPSA) is 29.9 Å². The first-order valence-corrected chi connectivity index (χ1v) is 7.61. The van der Waals surface area contributed by atoms with Gasteiger partial charge in [0, 0.05) is 24.3 Å². The van der Waals surface area contributed by atoms with Crippen LogP contribution < -0.4 is 5.32 Å². The standard InChI is InChI=1S/C17H21N3/c1-17(7-8-17)11-20-12-18-10-15(20)14-6-2-4-13-5-3-9-19-16(13)14/h2,4,6,10,12,19H,3,5,7-9,11H2,1H3. The first-order chi connectivity index (χ1) is 9.75. The summed E-state index contributed by atoms with van der Waals surface area (Å²) in [5, 5.41) is 3.58. The fourth-order valence-electron chi connectivity index (χ4n) is 3.18. The van der Waals surface area contributed by atoms with E-state index in [1.165, 1.54) is 48.2 Å². The van der Waals surface area contributed by atoms with Crippen molar-refractivity contribution in [2.24, 2.45) is 5.41 Å². The molecule has 1 aliphatic carbocycles. The van der Waals surface area contributed by atoms with Crippen molar-refractivity contribution in [3.05, 3.63) is 36.3 Å². The number of nitrogens with zero attached hydrogens (tertiary/aromatic N) is 2. The van der Waals surface area contributed by atoms with Gasteiger partial charge in [0.15, 0.2) is 0 Å². The summed E-state index contributed by atoms with van der Waals surface area (Å²) < 4.78 is 2.33. The Balaban J connectivity index is 1.76. The van der Waals surface area contributed by atoms with Crippen molar-refractivity contribution in [1.82, 2.24) is 9.55 Å². The Bertz CT molecular complexity index is 637. The highest BCUT2D eigenvalue weighted by Crippen LogP contribution is 2.47. The van der Waals surface area contributed by atoms with Crippen LogP contribution in [0.4, 0.5) is 5.69 Å². The summed E-state index contributed by atoms with van der Waals surface area (Å²) in [5.41, 5.74) is 5.83. The van der Waals surface area contributed by atoms with E-state index >= 15 is 0 Å². The lowest BCUT2D eigenvalue weighted by molar-refractivity contribution is 0.467. The normalized spacial score (nSPS) is 19.2. The van der Waals surface area contributed by atoms with Crippen LogP contribution in [0.2, 0.25) is 0 Å². The van der Waals surface area contributed by atoms with Gasteiger partial charge in [0.2, 0.25) is 0 Å². The molecule has 20 heavy (non-hydrogen) atoms. The summed E-state index contributed by atoms with van der Waals surface area (Å²) in [6.45, 7) is 4.54. The SMILES string of the molecule is CC1(Cn2cncc2-c2cccc3c2NCCC3)CC1. The predicted octanol–water partition coefficient (Wildman–Crippen LogP) is 3.71. The van der Waals surface area contributed by atoms with Crippen molar-refractivity contribution in [1.29, 1.82) is 0 Å². The predicted molar refractivity (Wildman–Crippen MR) is 81.8 cm³/mol. The van der Waals surface area contributed by atoms with Gasteiger partial charge in [0.05, 0.1) is 18.2 Å². The molecule has 3 heteroatoms. The molecule has 4 rings (SSSR count). The second-order valence-electron chi connectivity index (χ2n) is 6.59. The van der Waals surface area contributed by atoms with Crippen LogP contribution in [-0.4, -0.2) is 16.1 Å². The number of imidazole rings is 1. The lowest BCUT2D eigenvalue weighted by atomic mass is 9.98. The van der Waals surface area contributed by atoms with Crippen molar-refractivity contribution < 1.29 is 0 Å². The monoisotopic (exact) mass is 267 g/mol. The molecule has 0 radical (unpaired) electrons. The molecule has 2 aromatic rings. The number of nitrogens with one attached hydrogen (secondary N) is 1. The molecule has 0 amide bonds. The molecule has 0 atom stereocenters. The summed E-state index contributed by atoms with van der Waals surface area (Å²) in [6.07, 6.45) is 9.10. The van der Waals surface area contributed by atoms with Crippen LogP contribution in [0, 0.1) is 5.41 Å². The number of rotatable bonds is 3. The van der Waals surface area contributed by atoms with E-state index in [0.29, 0.717) is 5.41 Å². The molecule has 1 aromatic carbocycles. The molecular formula is C17H21N3. The number of fused-ring (bicyclic) bond motifs is 1. The molecule has 2 heterocycles. The molecule has 3 nitrogen and oxygen atoms in total. The fraction of sp³-hybridized carbons (Fsp3) is 0.471. The molecule has 0 saturated heterocycles. The van der Waals surface area contributed by atoms with E-state index in [1.807, 2.05) is 12.5 Å². The molecule has 0 unspecified atom stereocenters. The van der Waals surface area contributed by atoms with E-state index in [-0.39, 0.29) is 0 Å². The quantitative estimate of drug-likeness (QED) is 0.918. The van der Waals surface area contributed by atoms with Gasteiger partial charge in [-0.2, -0.15) is 0 Å². The molecular weight excluding hydrogens is 246 g/mol. The smallest absolute Gasteiger partial charge is 0.0951 e. The maximum absolute atomic E-state index is 4.39.